The van der Waals surface area contributed by atoms with E-state index in [2.05, 4.69) is 117 Å². The van der Waals surface area contributed by atoms with Crippen LogP contribution in [-0.2, 0) is 0 Å². The van der Waals surface area contributed by atoms with Gasteiger partial charge >= 0.3 is 0 Å². The van der Waals surface area contributed by atoms with Crippen molar-refractivity contribution in [2.24, 2.45) is 11.0 Å². The number of benzene rings is 3. The lowest BCUT2D eigenvalue weighted by atomic mass is 9.77. The van der Waals surface area contributed by atoms with Gasteiger partial charge < -0.3 is 0 Å². The maximum Gasteiger partial charge on any atom is 0.207 e. The topological polar surface area (TPSA) is 28.5 Å². The second kappa shape index (κ2) is 9.32. The molecule has 0 radical (unpaired) electrons. The van der Waals surface area contributed by atoms with Gasteiger partial charge in [-0.25, -0.2) is 9.99 Å². The van der Waals surface area contributed by atoms with Crippen LogP contribution in [0.5, 0.6) is 0 Å². The molecule has 4 aromatic rings. The zero-order valence-corrected chi connectivity index (χ0v) is 21.0. The van der Waals surface area contributed by atoms with E-state index in [4.69, 9.17) is 10.1 Å². The summed E-state index contributed by atoms with van der Waals surface area (Å²) < 4.78 is 1.07. The second-order valence-corrected chi connectivity index (χ2v) is 10.5. The molecule has 1 aromatic heterocycles. The van der Waals surface area contributed by atoms with Gasteiger partial charge in [0.1, 0.15) is 0 Å². The number of aromatic nitrogens is 1. The van der Waals surface area contributed by atoms with Gasteiger partial charge in [-0.15, -0.1) is 11.3 Å². The minimum absolute atomic E-state index is 0.166. The molecule has 0 spiro atoms. The molecule has 1 fully saturated rings. The van der Waals surface area contributed by atoms with Crippen molar-refractivity contribution in [3.63, 3.8) is 0 Å². The summed E-state index contributed by atoms with van der Waals surface area (Å²) in [6.07, 6.45) is 5.72. The molecule has 168 valence electrons. The van der Waals surface area contributed by atoms with Gasteiger partial charge in [-0.2, -0.15) is 5.10 Å². The maximum absolute atomic E-state index is 5.26. The first-order valence-electron chi connectivity index (χ1n) is 11.7. The van der Waals surface area contributed by atoms with E-state index in [1.165, 1.54) is 28.8 Å². The Hall–Kier alpha value is -3.02. The summed E-state index contributed by atoms with van der Waals surface area (Å²) in [5.41, 5.74) is 7.24. The first kappa shape index (κ1) is 21.5. The van der Waals surface area contributed by atoms with Crippen LogP contribution in [0.4, 0.5) is 5.13 Å². The third kappa shape index (κ3) is 4.15. The van der Waals surface area contributed by atoms with E-state index in [0.717, 1.165) is 33.7 Å². The average Bonchev–Trinajstić information content (AvgIpc) is 3.51. The molecule has 1 saturated carbocycles. The smallest absolute Gasteiger partial charge is 0.207 e. The molecule has 0 amide bonds. The number of halogens is 1. The number of rotatable bonds is 4. The van der Waals surface area contributed by atoms with Gasteiger partial charge in [-0.1, -0.05) is 88.7 Å². The zero-order chi connectivity index (χ0) is 22.9. The summed E-state index contributed by atoms with van der Waals surface area (Å²) in [5.74, 6) is 0.367. The summed E-state index contributed by atoms with van der Waals surface area (Å²) in [5, 5.41) is 10.5. The third-order valence-electron chi connectivity index (χ3n) is 6.61. The van der Waals surface area contributed by atoms with Gasteiger partial charge in [-0.05, 0) is 54.2 Å². The van der Waals surface area contributed by atoms with Gasteiger partial charge in [0.2, 0.25) is 5.13 Å². The summed E-state index contributed by atoms with van der Waals surface area (Å²) in [4.78, 5) is 5.04. The fourth-order valence-electron chi connectivity index (χ4n) is 5.01. The Kier molecular flexibility index (Phi) is 5.90. The number of allylic oxidation sites excluding steroid dienone is 1. The molecule has 2 heterocycles. The van der Waals surface area contributed by atoms with E-state index < -0.39 is 0 Å². The van der Waals surface area contributed by atoms with E-state index in [1.807, 2.05) is 0 Å². The monoisotopic (exact) mass is 525 g/mol. The lowest BCUT2D eigenvalue weighted by Gasteiger charge is -2.29. The van der Waals surface area contributed by atoms with Crippen LogP contribution in [0, 0.1) is 5.92 Å². The Balaban J connectivity index is 1.42. The third-order valence-corrected chi connectivity index (χ3v) is 7.97. The molecule has 34 heavy (non-hydrogen) atoms. The van der Waals surface area contributed by atoms with Crippen LogP contribution in [0.3, 0.4) is 0 Å². The van der Waals surface area contributed by atoms with E-state index in [0.29, 0.717) is 5.92 Å². The van der Waals surface area contributed by atoms with Crippen molar-refractivity contribution in [3.8, 4) is 11.3 Å². The van der Waals surface area contributed by atoms with E-state index >= 15 is 0 Å². The molecular weight excluding hydrogens is 502 g/mol. The van der Waals surface area contributed by atoms with Crippen molar-refractivity contribution in [1.29, 1.82) is 0 Å². The highest BCUT2D eigenvalue weighted by Crippen LogP contribution is 2.47. The minimum atomic E-state index is 0.166. The first-order valence-corrected chi connectivity index (χ1v) is 13.3. The number of hydrazone groups is 1. The number of hydrogen-bond donors (Lipinski definition) is 0. The summed E-state index contributed by atoms with van der Waals surface area (Å²) in [7, 11) is 0. The lowest BCUT2D eigenvalue weighted by Crippen LogP contribution is -2.28. The number of nitrogens with zero attached hydrogens (tertiary/aromatic N) is 3. The molecule has 1 aliphatic heterocycles. The van der Waals surface area contributed by atoms with Gasteiger partial charge in [0.15, 0.2) is 0 Å². The van der Waals surface area contributed by atoms with Crippen LogP contribution >= 0.6 is 27.3 Å². The number of anilines is 1. The fraction of sp³-hybridized carbons (Fsp3) is 0.172. The summed E-state index contributed by atoms with van der Waals surface area (Å²) in [6.45, 7) is 0. The Bertz CT molecular complexity index is 1340. The summed E-state index contributed by atoms with van der Waals surface area (Å²) in [6, 6.07) is 29.9. The van der Waals surface area contributed by atoms with Gasteiger partial charge in [0.25, 0.3) is 0 Å². The number of thiazole rings is 1. The SMILES string of the molecule is Brc1ccc(-c2csc(N3N=C4/C(=C\c5ccccc5)CCC[C@H]4[C@@H]3c3ccccc3)n2)cc1. The van der Waals surface area contributed by atoms with Crippen molar-refractivity contribution in [2.45, 2.75) is 25.3 Å². The normalized spacial score (nSPS) is 20.9. The van der Waals surface area contributed by atoms with Gasteiger partial charge in [0.05, 0.1) is 17.4 Å². The average molecular weight is 527 g/mol. The zero-order valence-electron chi connectivity index (χ0n) is 18.6. The Morgan fingerprint density at radius 3 is 2.41 bits per heavy atom. The number of fused-ring (bicyclic) bond motifs is 1. The molecule has 2 aliphatic rings. The molecule has 3 aromatic carbocycles. The first-order chi connectivity index (χ1) is 16.8. The molecule has 6 rings (SSSR count). The predicted octanol–water partition coefficient (Wildman–Crippen LogP) is 8.37. The van der Waals surface area contributed by atoms with Crippen molar-refractivity contribution in [1.82, 2.24) is 4.98 Å². The Morgan fingerprint density at radius 2 is 1.65 bits per heavy atom. The molecular formula is C29H24BrN3S. The molecule has 0 N–H and O–H groups in total. The van der Waals surface area contributed by atoms with Crippen molar-refractivity contribution in [2.75, 3.05) is 5.01 Å². The van der Waals surface area contributed by atoms with Crippen LogP contribution in [0.15, 0.2) is 105 Å². The quantitative estimate of drug-likeness (QED) is 0.267. The molecule has 0 unspecified atom stereocenters. The Labute approximate surface area is 212 Å². The minimum Gasteiger partial charge on any atom is -0.231 e. The fourth-order valence-corrected chi connectivity index (χ4v) is 6.10. The highest BCUT2D eigenvalue weighted by Gasteiger charge is 2.42. The van der Waals surface area contributed by atoms with Gasteiger partial charge in [0, 0.05) is 21.3 Å². The standard InChI is InChI=1S/C29H24BrN3S/c30-24-16-14-21(15-17-24)26-19-34-29(31-26)33-28(22-10-5-2-6-11-22)25-13-7-12-23(27(25)32-33)18-20-8-3-1-4-9-20/h1-6,8-11,14-19,25,28H,7,12-13H2/b23-18-/t25-,28+/m1/s1. The van der Waals surface area contributed by atoms with Crippen LogP contribution in [0.25, 0.3) is 17.3 Å². The second-order valence-electron chi connectivity index (χ2n) is 8.79. The highest BCUT2D eigenvalue weighted by molar-refractivity contribution is 9.10. The number of hydrogen-bond acceptors (Lipinski definition) is 4. The molecule has 1 aliphatic carbocycles. The van der Waals surface area contributed by atoms with Crippen molar-refractivity contribution in [3.05, 3.63) is 111 Å². The van der Waals surface area contributed by atoms with Crippen molar-refractivity contribution >= 4 is 44.2 Å². The lowest BCUT2D eigenvalue weighted by molar-refractivity contribution is 0.487. The van der Waals surface area contributed by atoms with Crippen LogP contribution in [0.2, 0.25) is 0 Å². The predicted molar refractivity (Wildman–Crippen MR) is 146 cm³/mol. The van der Waals surface area contributed by atoms with E-state index in [1.54, 1.807) is 11.3 Å². The van der Waals surface area contributed by atoms with Crippen LogP contribution < -0.4 is 5.01 Å². The van der Waals surface area contributed by atoms with E-state index in [9.17, 15) is 0 Å². The van der Waals surface area contributed by atoms with E-state index in [-0.39, 0.29) is 6.04 Å². The molecule has 0 bridgehead atoms. The largest absolute Gasteiger partial charge is 0.231 e. The van der Waals surface area contributed by atoms with Gasteiger partial charge in [-0.3, -0.25) is 0 Å². The molecule has 3 nitrogen and oxygen atoms in total. The Morgan fingerprint density at radius 1 is 0.912 bits per heavy atom. The van der Waals surface area contributed by atoms with Crippen molar-refractivity contribution < 1.29 is 0 Å². The summed E-state index contributed by atoms with van der Waals surface area (Å²) >= 11 is 5.20. The maximum atomic E-state index is 5.26. The molecule has 2 atom stereocenters. The molecule has 0 saturated heterocycles. The highest BCUT2D eigenvalue weighted by atomic mass is 79.9. The van der Waals surface area contributed by atoms with Crippen LogP contribution in [-0.4, -0.2) is 10.7 Å². The molecule has 5 heteroatoms. The van der Waals surface area contributed by atoms with Crippen LogP contribution in [0.1, 0.15) is 36.4 Å².